The maximum absolute atomic E-state index is 13.7. The minimum absolute atomic E-state index is 0.145. The van der Waals surface area contributed by atoms with Crippen LogP contribution < -0.4 is 11.1 Å². The lowest BCUT2D eigenvalue weighted by molar-refractivity contribution is -0.121. The maximum Gasteiger partial charge on any atom is 0.229 e. The monoisotopic (exact) mass is 275 g/mol. The Morgan fingerprint density at radius 3 is 2.80 bits per heavy atom. The Morgan fingerprint density at radius 1 is 1.45 bits per heavy atom. The molecule has 1 aromatic rings. The van der Waals surface area contributed by atoms with Crippen molar-refractivity contribution in [3.8, 4) is 6.07 Å². The van der Waals surface area contributed by atoms with Crippen LogP contribution in [0, 0.1) is 30.0 Å². The van der Waals surface area contributed by atoms with Crippen molar-refractivity contribution in [3.63, 3.8) is 0 Å². The molecule has 0 heterocycles. The number of carbonyl (C=O) groups excluding carboxylic acids is 1. The van der Waals surface area contributed by atoms with E-state index in [1.54, 1.807) is 6.92 Å². The van der Waals surface area contributed by atoms with Crippen molar-refractivity contribution < 1.29 is 9.18 Å². The van der Waals surface area contributed by atoms with Gasteiger partial charge < -0.3 is 11.1 Å². The summed E-state index contributed by atoms with van der Waals surface area (Å²) in [5.74, 6) is -0.918. The highest BCUT2D eigenvalue weighted by Crippen LogP contribution is 2.26. The highest BCUT2D eigenvalue weighted by Gasteiger charge is 2.28. The predicted molar refractivity (Wildman–Crippen MR) is 74.4 cm³/mol. The topological polar surface area (TPSA) is 78.9 Å². The van der Waals surface area contributed by atoms with Crippen LogP contribution in [0.1, 0.15) is 36.8 Å². The van der Waals surface area contributed by atoms with Gasteiger partial charge in [-0.15, -0.1) is 0 Å². The molecule has 0 bridgehead atoms. The SMILES string of the molecule is Cc1c(F)cc(C#N)cc1NC(=O)C1CCCCC1N. The van der Waals surface area contributed by atoms with Gasteiger partial charge in [-0.05, 0) is 31.9 Å². The van der Waals surface area contributed by atoms with Crippen molar-refractivity contribution in [2.75, 3.05) is 5.32 Å². The van der Waals surface area contributed by atoms with E-state index in [9.17, 15) is 9.18 Å². The number of rotatable bonds is 2. The fraction of sp³-hybridized carbons (Fsp3) is 0.467. The van der Waals surface area contributed by atoms with Gasteiger partial charge >= 0.3 is 0 Å². The second-order valence-electron chi connectivity index (χ2n) is 5.29. The zero-order chi connectivity index (χ0) is 14.7. The minimum atomic E-state index is -0.493. The Labute approximate surface area is 117 Å². The molecule has 2 rings (SSSR count). The van der Waals surface area contributed by atoms with E-state index in [0.717, 1.165) is 31.7 Å². The lowest BCUT2D eigenvalue weighted by Crippen LogP contribution is -2.40. The average molecular weight is 275 g/mol. The molecule has 4 nitrogen and oxygen atoms in total. The summed E-state index contributed by atoms with van der Waals surface area (Å²) in [6.45, 7) is 1.58. The summed E-state index contributed by atoms with van der Waals surface area (Å²) in [5, 5.41) is 11.6. The van der Waals surface area contributed by atoms with Crippen LogP contribution in [0.3, 0.4) is 0 Å². The molecule has 0 aromatic heterocycles. The molecule has 3 N–H and O–H groups in total. The van der Waals surface area contributed by atoms with Crippen molar-refractivity contribution in [2.24, 2.45) is 11.7 Å². The van der Waals surface area contributed by atoms with Gasteiger partial charge in [0.15, 0.2) is 0 Å². The van der Waals surface area contributed by atoms with E-state index < -0.39 is 5.82 Å². The van der Waals surface area contributed by atoms with Crippen LogP contribution in [0.25, 0.3) is 0 Å². The summed E-state index contributed by atoms with van der Waals surface area (Å²) in [5.41, 5.74) is 6.85. The van der Waals surface area contributed by atoms with E-state index in [0.29, 0.717) is 11.3 Å². The van der Waals surface area contributed by atoms with E-state index in [-0.39, 0.29) is 23.4 Å². The maximum atomic E-state index is 13.7. The van der Waals surface area contributed by atoms with Crippen LogP contribution in [-0.4, -0.2) is 11.9 Å². The molecule has 0 radical (unpaired) electrons. The normalized spacial score (nSPS) is 22.1. The molecule has 1 aromatic carbocycles. The first kappa shape index (κ1) is 14.5. The molecule has 1 amide bonds. The Bertz CT molecular complexity index is 565. The molecule has 1 saturated carbocycles. The number of anilines is 1. The first-order chi connectivity index (χ1) is 9.52. The van der Waals surface area contributed by atoms with Crippen LogP contribution in [0.5, 0.6) is 0 Å². The van der Waals surface area contributed by atoms with Crippen LogP contribution in [-0.2, 0) is 4.79 Å². The highest BCUT2D eigenvalue weighted by molar-refractivity contribution is 5.94. The van der Waals surface area contributed by atoms with E-state index in [4.69, 9.17) is 11.0 Å². The number of halogens is 1. The van der Waals surface area contributed by atoms with Crippen molar-refractivity contribution in [1.29, 1.82) is 5.26 Å². The molecule has 0 spiro atoms. The van der Waals surface area contributed by atoms with E-state index in [1.165, 1.54) is 6.07 Å². The molecular formula is C15H18FN3O. The van der Waals surface area contributed by atoms with Crippen molar-refractivity contribution in [2.45, 2.75) is 38.6 Å². The molecule has 0 aliphatic heterocycles. The Morgan fingerprint density at radius 2 is 2.15 bits per heavy atom. The fourth-order valence-electron chi connectivity index (χ4n) is 2.58. The quantitative estimate of drug-likeness (QED) is 0.870. The van der Waals surface area contributed by atoms with Crippen molar-refractivity contribution in [3.05, 3.63) is 29.1 Å². The van der Waals surface area contributed by atoms with Gasteiger partial charge in [-0.2, -0.15) is 5.26 Å². The molecule has 2 atom stereocenters. The number of nitrogens with one attached hydrogen (secondary N) is 1. The number of benzene rings is 1. The smallest absolute Gasteiger partial charge is 0.229 e. The molecule has 1 aliphatic carbocycles. The minimum Gasteiger partial charge on any atom is -0.327 e. The van der Waals surface area contributed by atoms with E-state index in [1.807, 2.05) is 6.07 Å². The predicted octanol–water partition coefficient (Wildman–Crippen LogP) is 2.46. The molecule has 20 heavy (non-hydrogen) atoms. The van der Waals surface area contributed by atoms with Gasteiger partial charge in [0, 0.05) is 17.3 Å². The lowest BCUT2D eigenvalue weighted by Gasteiger charge is -2.27. The van der Waals surface area contributed by atoms with Gasteiger partial charge in [-0.3, -0.25) is 4.79 Å². The van der Waals surface area contributed by atoms with Crippen LogP contribution in [0.2, 0.25) is 0 Å². The second kappa shape index (κ2) is 6.02. The van der Waals surface area contributed by atoms with Crippen LogP contribution >= 0.6 is 0 Å². The molecule has 1 aliphatic rings. The number of nitrogens with two attached hydrogens (primary N) is 1. The van der Waals surface area contributed by atoms with Gasteiger partial charge in [-0.25, -0.2) is 4.39 Å². The second-order valence-corrected chi connectivity index (χ2v) is 5.29. The van der Waals surface area contributed by atoms with Crippen LogP contribution in [0.4, 0.5) is 10.1 Å². The van der Waals surface area contributed by atoms with E-state index >= 15 is 0 Å². The van der Waals surface area contributed by atoms with Gasteiger partial charge in [-0.1, -0.05) is 12.8 Å². The Hall–Kier alpha value is -1.93. The van der Waals surface area contributed by atoms with E-state index in [2.05, 4.69) is 5.32 Å². The molecule has 106 valence electrons. The van der Waals surface area contributed by atoms with Gasteiger partial charge in [0.25, 0.3) is 0 Å². The Kier molecular flexibility index (Phi) is 4.35. The molecular weight excluding hydrogens is 257 g/mol. The van der Waals surface area contributed by atoms with Crippen molar-refractivity contribution >= 4 is 11.6 Å². The molecule has 1 fully saturated rings. The largest absolute Gasteiger partial charge is 0.327 e. The highest BCUT2D eigenvalue weighted by atomic mass is 19.1. The number of nitrogens with zero attached hydrogens (tertiary/aromatic N) is 1. The summed E-state index contributed by atoms with van der Waals surface area (Å²) < 4.78 is 13.7. The number of hydrogen-bond acceptors (Lipinski definition) is 3. The number of carbonyl (C=O) groups is 1. The van der Waals surface area contributed by atoms with Crippen LogP contribution in [0.15, 0.2) is 12.1 Å². The summed E-state index contributed by atoms with van der Waals surface area (Å²) in [4.78, 5) is 12.2. The molecule has 2 unspecified atom stereocenters. The first-order valence-corrected chi connectivity index (χ1v) is 6.79. The fourth-order valence-corrected chi connectivity index (χ4v) is 2.58. The van der Waals surface area contributed by atoms with Gasteiger partial charge in [0.1, 0.15) is 5.82 Å². The summed E-state index contributed by atoms with van der Waals surface area (Å²) in [6, 6.07) is 4.39. The van der Waals surface area contributed by atoms with Gasteiger partial charge in [0.2, 0.25) is 5.91 Å². The average Bonchev–Trinajstić information content (AvgIpc) is 2.43. The third-order valence-electron chi connectivity index (χ3n) is 3.89. The van der Waals surface area contributed by atoms with Crippen molar-refractivity contribution in [1.82, 2.24) is 0 Å². The lowest BCUT2D eigenvalue weighted by atomic mass is 9.84. The zero-order valence-electron chi connectivity index (χ0n) is 11.4. The first-order valence-electron chi connectivity index (χ1n) is 6.79. The number of nitriles is 1. The summed E-state index contributed by atoms with van der Waals surface area (Å²) >= 11 is 0. The third kappa shape index (κ3) is 2.97. The third-order valence-corrected chi connectivity index (χ3v) is 3.89. The molecule has 0 saturated heterocycles. The zero-order valence-corrected chi connectivity index (χ0v) is 11.4. The standard InChI is InChI=1S/C15H18FN3O/c1-9-12(16)6-10(8-17)7-14(9)19-15(20)11-4-2-3-5-13(11)18/h6-7,11,13H,2-5,18H2,1H3,(H,19,20). The molecule has 5 heteroatoms. The summed E-state index contributed by atoms with van der Waals surface area (Å²) in [6.07, 6.45) is 3.62. The number of amides is 1. The van der Waals surface area contributed by atoms with Gasteiger partial charge in [0.05, 0.1) is 17.6 Å². The summed E-state index contributed by atoms with van der Waals surface area (Å²) in [7, 11) is 0. The number of hydrogen-bond donors (Lipinski definition) is 2. The Balaban J connectivity index is 2.19.